The number of hydrogen-bond acceptors (Lipinski definition) is 4. The average Bonchev–Trinajstić information content (AvgIpc) is 2.65. The van der Waals surface area contributed by atoms with Gasteiger partial charge < -0.3 is 9.26 Å². The highest BCUT2D eigenvalue weighted by molar-refractivity contribution is 5.26. The summed E-state index contributed by atoms with van der Waals surface area (Å²) < 4.78 is 10.3. The Balaban J connectivity index is 2.05. The van der Waals surface area contributed by atoms with E-state index in [1.54, 1.807) is 6.07 Å². The summed E-state index contributed by atoms with van der Waals surface area (Å²) in [5, 5.41) is 3.76. The van der Waals surface area contributed by atoms with Crippen molar-refractivity contribution in [2.24, 2.45) is 0 Å². The summed E-state index contributed by atoms with van der Waals surface area (Å²) >= 11 is 0. The van der Waals surface area contributed by atoms with Gasteiger partial charge in [-0.05, 0) is 13.8 Å². The summed E-state index contributed by atoms with van der Waals surface area (Å²) in [4.78, 5) is 4.27. The van der Waals surface area contributed by atoms with Crippen LogP contribution in [0.25, 0.3) is 0 Å². The minimum atomic E-state index is 0.416. The minimum absolute atomic E-state index is 0.416. The molecule has 0 aliphatic carbocycles. The van der Waals surface area contributed by atoms with Gasteiger partial charge in [0.2, 0.25) is 0 Å². The van der Waals surface area contributed by atoms with E-state index in [9.17, 15) is 0 Å². The van der Waals surface area contributed by atoms with E-state index in [4.69, 9.17) is 9.26 Å². The van der Waals surface area contributed by atoms with Crippen molar-refractivity contribution < 1.29 is 9.26 Å². The van der Waals surface area contributed by atoms with Crippen LogP contribution in [0.5, 0.6) is 5.75 Å². The Morgan fingerprint density at radius 2 is 2.00 bits per heavy atom. The number of aromatic nitrogens is 2. The lowest BCUT2D eigenvalue weighted by molar-refractivity contribution is 0.288. The summed E-state index contributed by atoms with van der Waals surface area (Å²) in [6, 6.07) is 5.57. The predicted octanol–water partition coefficient (Wildman–Crippen LogP) is 2.27. The molecule has 0 aliphatic heterocycles. The van der Waals surface area contributed by atoms with Crippen LogP contribution in [0.2, 0.25) is 0 Å². The normalized spacial score (nSPS) is 10.3. The Morgan fingerprint density at radius 1 is 1.27 bits per heavy atom. The molecule has 0 saturated carbocycles. The second-order valence-corrected chi connectivity index (χ2v) is 3.37. The molecule has 0 radical (unpaired) electrons. The number of rotatable bonds is 3. The van der Waals surface area contributed by atoms with Crippen molar-refractivity contribution in [3.05, 3.63) is 41.5 Å². The van der Waals surface area contributed by atoms with E-state index in [0.29, 0.717) is 6.61 Å². The van der Waals surface area contributed by atoms with Gasteiger partial charge >= 0.3 is 0 Å². The van der Waals surface area contributed by atoms with Gasteiger partial charge in [0.25, 0.3) is 0 Å². The molecule has 15 heavy (non-hydrogen) atoms. The first-order chi connectivity index (χ1) is 7.24. The first kappa shape index (κ1) is 9.71. The maximum absolute atomic E-state index is 5.55. The summed E-state index contributed by atoms with van der Waals surface area (Å²) in [7, 11) is 0. The number of ether oxygens (including phenoxy) is 1. The largest absolute Gasteiger partial charge is 0.487 e. The monoisotopic (exact) mass is 204 g/mol. The zero-order valence-electron chi connectivity index (χ0n) is 8.73. The quantitative estimate of drug-likeness (QED) is 0.769. The highest BCUT2D eigenvalue weighted by Crippen LogP contribution is 2.14. The molecule has 2 aromatic rings. The van der Waals surface area contributed by atoms with Gasteiger partial charge in [0.1, 0.15) is 24.3 Å². The Kier molecular flexibility index (Phi) is 2.67. The van der Waals surface area contributed by atoms with Gasteiger partial charge in [-0.3, -0.25) is 4.98 Å². The van der Waals surface area contributed by atoms with Gasteiger partial charge in [-0.1, -0.05) is 5.16 Å². The standard InChI is InChI=1S/C11H12N2O2/c1-8-5-11(6-9(2)12-8)14-7-10-3-4-15-13-10/h3-6H,7H2,1-2H3. The molecule has 2 heterocycles. The third-order valence-corrected chi connectivity index (χ3v) is 1.93. The third kappa shape index (κ3) is 2.56. The Bertz CT molecular complexity index is 418. The molecular formula is C11H12N2O2. The van der Waals surface area contributed by atoms with E-state index in [1.165, 1.54) is 6.26 Å². The van der Waals surface area contributed by atoms with Crippen LogP contribution in [-0.4, -0.2) is 10.1 Å². The topological polar surface area (TPSA) is 48.2 Å². The molecule has 0 aliphatic rings. The van der Waals surface area contributed by atoms with Gasteiger partial charge in [0, 0.05) is 29.6 Å². The molecule has 0 saturated heterocycles. The maximum Gasteiger partial charge on any atom is 0.134 e. The number of hydrogen-bond donors (Lipinski definition) is 0. The Morgan fingerprint density at radius 3 is 2.60 bits per heavy atom. The number of nitrogens with zero attached hydrogens (tertiary/aromatic N) is 2. The molecule has 0 aromatic carbocycles. The van der Waals surface area contributed by atoms with Gasteiger partial charge in [-0.25, -0.2) is 0 Å². The molecule has 2 aromatic heterocycles. The smallest absolute Gasteiger partial charge is 0.134 e. The molecule has 4 nitrogen and oxygen atoms in total. The SMILES string of the molecule is Cc1cc(OCc2ccon2)cc(C)n1. The summed E-state index contributed by atoms with van der Waals surface area (Å²) in [5.74, 6) is 0.808. The molecular weight excluding hydrogens is 192 g/mol. The fraction of sp³-hybridized carbons (Fsp3) is 0.273. The predicted molar refractivity (Wildman–Crippen MR) is 54.5 cm³/mol. The van der Waals surface area contributed by atoms with E-state index in [2.05, 4.69) is 10.1 Å². The van der Waals surface area contributed by atoms with Crippen LogP contribution >= 0.6 is 0 Å². The van der Waals surface area contributed by atoms with Gasteiger partial charge in [0.15, 0.2) is 0 Å². The van der Waals surface area contributed by atoms with E-state index in [0.717, 1.165) is 22.8 Å². The van der Waals surface area contributed by atoms with Crippen molar-refractivity contribution in [2.75, 3.05) is 0 Å². The van der Waals surface area contributed by atoms with Gasteiger partial charge in [-0.15, -0.1) is 0 Å². The Labute approximate surface area is 87.9 Å². The number of pyridine rings is 1. The molecule has 0 fully saturated rings. The van der Waals surface area contributed by atoms with Crippen LogP contribution in [0.4, 0.5) is 0 Å². The van der Waals surface area contributed by atoms with Crippen molar-refractivity contribution >= 4 is 0 Å². The highest BCUT2D eigenvalue weighted by atomic mass is 16.5. The van der Waals surface area contributed by atoms with Crippen LogP contribution in [0.1, 0.15) is 17.1 Å². The zero-order valence-corrected chi connectivity index (χ0v) is 8.73. The molecule has 78 valence electrons. The van der Waals surface area contributed by atoms with E-state index in [1.807, 2.05) is 26.0 Å². The summed E-state index contributed by atoms with van der Waals surface area (Å²) in [5.41, 5.74) is 2.68. The van der Waals surface area contributed by atoms with Crippen LogP contribution in [0, 0.1) is 13.8 Å². The van der Waals surface area contributed by atoms with Crippen molar-refractivity contribution in [3.63, 3.8) is 0 Å². The zero-order chi connectivity index (χ0) is 10.7. The molecule has 0 N–H and O–H groups in total. The van der Waals surface area contributed by atoms with Crippen LogP contribution in [-0.2, 0) is 6.61 Å². The van der Waals surface area contributed by atoms with Crippen LogP contribution in [0.3, 0.4) is 0 Å². The second kappa shape index (κ2) is 4.13. The van der Waals surface area contributed by atoms with Gasteiger partial charge in [-0.2, -0.15) is 0 Å². The first-order valence-electron chi connectivity index (χ1n) is 4.71. The maximum atomic E-state index is 5.55. The van der Waals surface area contributed by atoms with Gasteiger partial charge in [0.05, 0.1) is 0 Å². The van der Waals surface area contributed by atoms with Crippen molar-refractivity contribution in [2.45, 2.75) is 20.5 Å². The van der Waals surface area contributed by atoms with Crippen molar-refractivity contribution in [3.8, 4) is 5.75 Å². The lowest BCUT2D eigenvalue weighted by atomic mass is 10.3. The minimum Gasteiger partial charge on any atom is -0.487 e. The number of aryl methyl sites for hydroxylation is 2. The Hall–Kier alpha value is -1.84. The van der Waals surface area contributed by atoms with Crippen LogP contribution < -0.4 is 4.74 Å². The van der Waals surface area contributed by atoms with Crippen molar-refractivity contribution in [1.82, 2.24) is 10.1 Å². The van der Waals surface area contributed by atoms with E-state index >= 15 is 0 Å². The molecule has 0 amide bonds. The molecule has 0 spiro atoms. The lowest BCUT2D eigenvalue weighted by Crippen LogP contribution is -1.97. The highest BCUT2D eigenvalue weighted by Gasteiger charge is 2.00. The second-order valence-electron chi connectivity index (χ2n) is 3.37. The fourth-order valence-corrected chi connectivity index (χ4v) is 1.35. The first-order valence-corrected chi connectivity index (χ1v) is 4.71. The van der Waals surface area contributed by atoms with Crippen molar-refractivity contribution in [1.29, 1.82) is 0 Å². The molecule has 2 rings (SSSR count). The lowest BCUT2D eigenvalue weighted by Gasteiger charge is -2.05. The fourth-order valence-electron chi connectivity index (χ4n) is 1.35. The van der Waals surface area contributed by atoms with E-state index < -0.39 is 0 Å². The summed E-state index contributed by atoms with van der Waals surface area (Å²) in [6.07, 6.45) is 1.53. The van der Waals surface area contributed by atoms with Crippen LogP contribution in [0.15, 0.2) is 29.0 Å². The molecule has 0 unspecified atom stereocenters. The third-order valence-electron chi connectivity index (χ3n) is 1.93. The average molecular weight is 204 g/mol. The molecule has 0 atom stereocenters. The molecule has 4 heteroatoms. The summed E-state index contributed by atoms with van der Waals surface area (Å²) in [6.45, 7) is 4.30. The van der Waals surface area contributed by atoms with E-state index in [-0.39, 0.29) is 0 Å². The molecule has 0 bridgehead atoms.